The average molecular weight is 171 g/mol. The van der Waals surface area contributed by atoms with Crippen molar-refractivity contribution in [1.29, 1.82) is 0 Å². The molecule has 2 nitrogen and oxygen atoms in total. The van der Waals surface area contributed by atoms with Crippen LogP contribution in [-0.4, -0.2) is 15.3 Å². The van der Waals surface area contributed by atoms with Gasteiger partial charge in [0.25, 0.3) is 0 Å². The zero-order valence-electron chi connectivity index (χ0n) is 6.71. The van der Waals surface area contributed by atoms with Gasteiger partial charge < -0.3 is 0 Å². The molecule has 1 atom stereocenters. The van der Waals surface area contributed by atoms with Crippen LogP contribution in [0.15, 0.2) is 12.3 Å². The molecule has 0 aliphatic rings. The van der Waals surface area contributed by atoms with Crippen molar-refractivity contribution in [3.05, 3.63) is 23.8 Å². The van der Waals surface area contributed by atoms with Crippen LogP contribution >= 0.6 is 11.6 Å². The van der Waals surface area contributed by atoms with E-state index in [1.807, 2.05) is 19.9 Å². The van der Waals surface area contributed by atoms with Crippen LogP contribution in [0.5, 0.6) is 0 Å². The van der Waals surface area contributed by atoms with Crippen LogP contribution in [0.2, 0.25) is 0 Å². The van der Waals surface area contributed by atoms with Gasteiger partial charge in [-0.1, -0.05) is 0 Å². The molecule has 60 valence electrons. The fourth-order valence-electron chi connectivity index (χ4n) is 0.851. The minimum absolute atomic E-state index is 0.108. The molecule has 0 bridgehead atoms. The Kier molecular flexibility index (Phi) is 2.83. The van der Waals surface area contributed by atoms with Gasteiger partial charge in [0, 0.05) is 23.7 Å². The smallest absolute Gasteiger partial charge is 0.129 e. The molecule has 1 heterocycles. The molecule has 0 saturated heterocycles. The van der Waals surface area contributed by atoms with E-state index < -0.39 is 0 Å². The first-order valence-electron chi connectivity index (χ1n) is 3.61. The summed E-state index contributed by atoms with van der Waals surface area (Å²) in [4.78, 5) is 8.30. The van der Waals surface area contributed by atoms with E-state index >= 15 is 0 Å². The molecule has 0 aliphatic heterocycles. The monoisotopic (exact) mass is 170 g/mol. The number of halogens is 1. The highest BCUT2D eigenvalue weighted by atomic mass is 35.5. The van der Waals surface area contributed by atoms with Gasteiger partial charge in [-0.25, -0.2) is 9.97 Å². The maximum Gasteiger partial charge on any atom is 0.129 e. The molecule has 1 aromatic heterocycles. The Morgan fingerprint density at radius 3 is 2.91 bits per heavy atom. The summed E-state index contributed by atoms with van der Waals surface area (Å²) in [7, 11) is 0. The fourth-order valence-corrected chi connectivity index (χ4v) is 0.989. The normalized spacial score (nSPS) is 13.0. The number of aromatic nitrogens is 2. The molecule has 0 aromatic carbocycles. The first-order valence-corrected chi connectivity index (χ1v) is 4.04. The maximum absolute atomic E-state index is 5.78. The summed E-state index contributed by atoms with van der Waals surface area (Å²) < 4.78 is 0. The quantitative estimate of drug-likeness (QED) is 0.635. The van der Waals surface area contributed by atoms with Crippen molar-refractivity contribution in [2.24, 2.45) is 0 Å². The predicted octanol–water partition coefficient (Wildman–Crippen LogP) is 1.95. The molecule has 1 unspecified atom stereocenters. The number of rotatable bonds is 2. The summed E-state index contributed by atoms with van der Waals surface area (Å²) in [6.07, 6.45) is 2.50. The Morgan fingerprint density at radius 1 is 1.64 bits per heavy atom. The maximum atomic E-state index is 5.78. The van der Waals surface area contributed by atoms with E-state index in [1.54, 1.807) is 6.20 Å². The summed E-state index contributed by atoms with van der Waals surface area (Å²) >= 11 is 5.78. The molecule has 1 rings (SSSR count). The third kappa shape index (κ3) is 2.85. The molecular formula is C8H11ClN2. The second-order valence-corrected chi connectivity index (χ2v) is 3.34. The minimum atomic E-state index is 0.108. The first-order chi connectivity index (χ1) is 5.18. The molecule has 0 spiro atoms. The standard InChI is InChI=1S/C8H11ClN2/c1-6(9)5-8-10-4-3-7(2)11-8/h3-4,6H,5H2,1-2H3. The van der Waals surface area contributed by atoms with Crippen LogP contribution in [-0.2, 0) is 6.42 Å². The lowest BCUT2D eigenvalue weighted by Crippen LogP contribution is -2.02. The van der Waals surface area contributed by atoms with Crippen molar-refractivity contribution in [2.45, 2.75) is 25.6 Å². The number of aryl methyl sites for hydroxylation is 1. The van der Waals surface area contributed by atoms with Crippen molar-refractivity contribution in [3.63, 3.8) is 0 Å². The molecule has 11 heavy (non-hydrogen) atoms. The summed E-state index contributed by atoms with van der Waals surface area (Å²) in [5.41, 5.74) is 0.993. The molecule has 0 radical (unpaired) electrons. The van der Waals surface area contributed by atoms with Crippen LogP contribution in [0.25, 0.3) is 0 Å². The SMILES string of the molecule is Cc1ccnc(CC(C)Cl)n1. The molecule has 0 aliphatic carbocycles. The van der Waals surface area contributed by atoms with Crippen molar-refractivity contribution < 1.29 is 0 Å². The van der Waals surface area contributed by atoms with E-state index in [1.165, 1.54) is 0 Å². The molecule has 0 N–H and O–H groups in total. The highest BCUT2D eigenvalue weighted by Crippen LogP contribution is 2.02. The number of hydrogen-bond donors (Lipinski definition) is 0. The lowest BCUT2D eigenvalue weighted by atomic mass is 10.3. The van der Waals surface area contributed by atoms with Gasteiger partial charge in [-0.15, -0.1) is 11.6 Å². The molecule has 3 heteroatoms. The average Bonchev–Trinajstić information content (AvgIpc) is 1.85. The summed E-state index contributed by atoms with van der Waals surface area (Å²) in [6.45, 7) is 3.89. The lowest BCUT2D eigenvalue weighted by molar-refractivity contribution is 0.831. The zero-order chi connectivity index (χ0) is 8.27. The Bertz CT molecular complexity index is 235. The minimum Gasteiger partial charge on any atom is -0.241 e. The lowest BCUT2D eigenvalue weighted by Gasteiger charge is -2.00. The third-order valence-corrected chi connectivity index (χ3v) is 1.46. The Balaban J connectivity index is 2.71. The van der Waals surface area contributed by atoms with Crippen LogP contribution in [0.4, 0.5) is 0 Å². The van der Waals surface area contributed by atoms with Crippen molar-refractivity contribution in [3.8, 4) is 0 Å². The topological polar surface area (TPSA) is 25.8 Å². The van der Waals surface area contributed by atoms with Gasteiger partial charge in [-0.3, -0.25) is 0 Å². The first kappa shape index (κ1) is 8.47. The van der Waals surface area contributed by atoms with Crippen LogP contribution in [0.1, 0.15) is 18.4 Å². The number of alkyl halides is 1. The molecule has 0 fully saturated rings. The number of hydrogen-bond acceptors (Lipinski definition) is 2. The fraction of sp³-hybridized carbons (Fsp3) is 0.500. The van der Waals surface area contributed by atoms with Crippen LogP contribution in [0, 0.1) is 6.92 Å². The van der Waals surface area contributed by atoms with E-state index in [2.05, 4.69) is 9.97 Å². The van der Waals surface area contributed by atoms with Gasteiger partial charge in [0.2, 0.25) is 0 Å². The highest BCUT2D eigenvalue weighted by molar-refractivity contribution is 6.20. The van der Waals surface area contributed by atoms with Gasteiger partial charge in [0.15, 0.2) is 0 Å². The summed E-state index contributed by atoms with van der Waals surface area (Å²) in [5, 5.41) is 0.108. The van der Waals surface area contributed by atoms with Crippen LogP contribution < -0.4 is 0 Å². The zero-order valence-corrected chi connectivity index (χ0v) is 7.47. The largest absolute Gasteiger partial charge is 0.241 e. The summed E-state index contributed by atoms with van der Waals surface area (Å²) in [6, 6.07) is 1.88. The molecular weight excluding hydrogens is 160 g/mol. The second kappa shape index (κ2) is 3.67. The van der Waals surface area contributed by atoms with Gasteiger partial charge in [0.1, 0.15) is 5.82 Å². The van der Waals surface area contributed by atoms with Gasteiger partial charge in [-0.2, -0.15) is 0 Å². The van der Waals surface area contributed by atoms with E-state index in [-0.39, 0.29) is 5.38 Å². The molecule has 0 saturated carbocycles. The Labute approximate surface area is 71.6 Å². The van der Waals surface area contributed by atoms with Crippen molar-refractivity contribution in [2.75, 3.05) is 0 Å². The van der Waals surface area contributed by atoms with E-state index in [9.17, 15) is 0 Å². The molecule has 0 amide bonds. The number of nitrogens with zero attached hydrogens (tertiary/aromatic N) is 2. The summed E-state index contributed by atoms with van der Waals surface area (Å²) in [5.74, 6) is 0.826. The van der Waals surface area contributed by atoms with Gasteiger partial charge in [-0.05, 0) is 19.9 Å². The third-order valence-electron chi connectivity index (χ3n) is 1.31. The van der Waals surface area contributed by atoms with Crippen molar-refractivity contribution >= 4 is 11.6 Å². The second-order valence-electron chi connectivity index (χ2n) is 2.60. The van der Waals surface area contributed by atoms with Crippen LogP contribution in [0.3, 0.4) is 0 Å². The van der Waals surface area contributed by atoms with Gasteiger partial charge in [0.05, 0.1) is 0 Å². The van der Waals surface area contributed by atoms with Crippen molar-refractivity contribution in [1.82, 2.24) is 9.97 Å². The highest BCUT2D eigenvalue weighted by Gasteiger charge is 2.00. The van der Waals surface area contributed by atoms with Gasteiger partial charge >= 0.3 is 0 Å². The van der Waals surface area contributed by atoms with E-state index in [0.717, 1.165) is 17.9 Å². The Morgan fingerprint density at radius 2 is 2.36 bits per heavy atom. The molecule has 1 aromatic rings. The Hall–Kier alpha value is -0.630. The van der Waals surface area contributed by atoms with E-state index in [0.29, 0.717) is 0 Å². The predicted molar refractivity (Wildman–Crippen MR) is 45.8 cm³/mol. The van der Waals surface area contributed by atoms with E-state index in [4.69, 9.17) is 11.6 Å².